The molecule has 1 aromatic heterocycles. The predicted octanol–water partition coefficient (Wildman–Crippen LogP) is 2.65. The van der Waals surface area contributed by atoms with Crippen LogP contribution in [-0.2, 0) is 0 Å². The lowest BCUT2D eigenvalue weighted by Gasteiger charge is -2.06. The van der Waals surface area contributed by atoms with Crippen LogP contribution in [-0.4, -0.2) is 22.9 Å². The van der Waals surface area contributed by atoms with Crippen molar-refractivity contribution in [2.75, 3.05) is 17.7 Å². The highest BCUT2D eigenvalue weighted by Crippen LogP contribution is 2.24. The summed E-state index contributed by atoms with van der Waals surface area (Å²) in [7, 11) is 1.67. The molecule has 0 unspecified atom stereocenters. The van der Waals surface area contributed by atoms with Gasteiger partial charge in [0.25, 0.3) is 11.6 Å². The van der Waals surface area contributed by atoms with Crippen molar-refractivity contribution in [2.24, 2.45) is 0 Å². The highest BCUT2D eigenvalue weighted by molar-refractivity contribution is 7.15. The second-order valence-electron chi connectivity index (χ2n) is 3.97. The van der Waals surface area contributed by atoms with Gasteiger partial charge in [0, 0.05) is 29.9 Å². The number of benzene rings is 1. The number of aryl methyl sites for hydroxylation is 1. The standard InChI is InChI=1S/C12H12N4O3S/c1-7-6-14-12(20-7)15-11(17)9-5-8(13-2)3-4-10(9)16(18)19/h3-6,13H,1-2H3,(H,14,15,17). The summed E-state index contributed by atoms with van der Waals surface area (Å²) in [6.45, 7) is 1.86. The number of anilines is 2. The van der Waals surface area contributed by atoms with Gasteiger partial charge in [-0.15, -0.1) is 11.3 Å². The van der Waals surface area contributed by atoms with Crippen LogP contribution >= 0.6 is 11.3 Å². The van der Waals surface area contributed by atoms with E-state index in [4.69, 9.17) is 0 Å². The molecule has 0 aliphatic heterocycles. The van der Waals surface area contributed by atoms with Crippen LogP contribution in [0.25, 0.3) is 0 Å². The molecule has 1 amide bonds. The second-order valence-corrected chi connectivity index (χ2v) is 5.20. The van der Waals surface area contributed by atoms with Gasteiger partial charge >= 0.3 is 0 Å². The minimum absolute atomic E-state index is 0.00490. The fraction of sp³-hybridized carbons (Fsp3) is 0.167. The van der Waals surface area contributed by atoms with Crippen LogP contribution in [0.5, 0.6) is 0 Å². The number of nitrogens with zero attached hydrogens (tertiary/aromatic N) is 2. The van der Waals surface area contributed by atoms with Crippen molar-refractivity contribution in [1.29, 1.82) is 0 Å². The topological polar surface area (TPSA) is 97.2 Å². The predicted molar refractivity (Wildman–Crippen MR) is 77.4 cm³/mol. The number of amides is 1. The van der Waals surface area contributed by atoms with Crippen molar-refractivity contribution in [3.63, 3.8) is 0 Å². The van der Waals surface area contributed by atoms with Crippen LogP contribution in [0, 0.1) is 17.0 Å². The third kappa shape index (κ3) is 2.91. The molecule has 20 heavy (non-hydrogen) atoms. The quantitative estimate of drug-likeness (QED) is 0.667. The summed E-state index contributed by atoms with van der Waals surface area (Å²) in [6, 6.07) is 4.28. The van der Waals surface area contributed by atoms with E-state index in [0.29, 0.717) is 10.8 Å². The van der Waals surface area contributed by atoms with Crippen LogP contribution in [0.2, 0.25) is 0 Å². The van der Waals surface area contributed by atoms with Gasteiger partial charge in [-0.05, 0) is 19.1 Å². The molecule has 0 radical (unpaired) electrons. The van der Waals surface area contributed by atoms with Crippen LogP contribution in [0.15, 0.2) is 24.4 Å². The Labute approximate surface area is 118 Å². The highest BCUT2D eigenvalue weighted by Gasteiger charge is 2.21. The van der Waals surface area contributed by atoms with Crippen LogP contribution in [0.4, 0.5) is 16.5 Å². The number of nitro benzene ring substituents is 1. The summed E-state index contributed by atoms with van der Waals surface area (Å²) in [4.78, 5) is 27.5. The molecular formula is C12H12N4O3S. The molecule has 0 spiro atoms. The van der Waals surface area contributed by atoms with E-state index in [2.05, 4.69) is 15.6 Å². The lowest BCUT2D eigenvalue weighted by atomic mass is 10.1. The molecule has 2 aromatic rings. The van der Waals surface area contributed by atoms with Gasteiger partial charge in [-0.2, -0.15) is 0 Å². The number of hydrogen-bond acceptors (Lipinski definition) is 6. The number of nitro groups is 1. The summed E-state index contributed by atoms with van der Waals surface area (Å²) in [5.41, 5.74) is 0.376. The average Bonchev–Trinajstić information content (AvgIpc) is 2.83. The Hall–Kier alpha value is -2.48. The summed E-state index contributed by atoms with van der Waals surface area (Å²) in [5, 5.41) is 16.8. The lowest BCUT2D eigenvalue weighted by Crippen LogP contribution is -2.14. The minimum Gasteiger partial charge on any atom is -0.388 e. The van der Waals surface area contributed by atoms with Crippen molar-refractivity contribution in [2.45, 2.75) is 6.92 Å². The molecule has 0 fully saturated rings. The Balaban J connectivity index is 2.34. The third-order valence-corrected chi connectivity index (χ3v) is 3.40. The number of rotatable bonds is 4. The summed E-state index contributed by atoms with van der Waals surface area (Å²) < 4.78 is 0. The van der Waals surface area contributed by atoms with Crippen molar-refractivity contribution in [1.82, 2.24) is 4.98 Å². The maximum atomic E-state index is 12.1. The number of thiazole rings is 1. The zero-order valence-electron chi connectivity index (χ0n) is 10.8. The second kappa shape index (κ2) is 5.66. The Bertz CT molecular complexity index is 668. The van der Waals surface area contributed by atoms with Crippen molar-refractivity contribution < 1.29 is 9.72 Å². The fourth-order valence-electron chi connectivity index (χ4n) is 1.61. The first-order chi connectivity index (χ1) is 9.51. The van der Waals surface area contributed by atoms with Crippen LogP contribution in [0.3, 0.4) is 0 Å². The number of hydrogen-bond donors (Lipinski definition) is 2. The van der Waals surface area contributed by atoms with Gasteiger partial charge in [-0.25, -0.2) is 4.98 Å². The highest BCUT2D eigenvalue weighted by atomic mass is 32.1. The fourth-order valence-corrected chi connectivity index (χ4v) is 2.27. The molecular weight excluding hydrogens is 280 g/mol. The number of nitrogens with one attached hydrogen (secondary N) is 2. The summed E-state index contributed by atoms with van der Waals surface area (Å²) >= 11 is 1.31. The summed E-state index contributed by atoms with van der Waals surface area (Å²) in [5.74, 6) is -0.553. The van der Waals surface area contributed by atoms with Crippen molar-refractivity contribution >= 4 is 33.8 Å². The lowest BCUT2D eigenvalue weighted by molar-refractivity contribution is -0.385. The minimum atomic E-state index is -0.582. The van der Waals surface area contributed by atoms with E-state index in [1.54, 1.807) is 19.3 Å². The molecule has 0 bridgehead atoms. The molecule has 2 rings (SSSR count). The van der Waals surface area contributed by atoms with E-state index in [0.717, 1.165) is 4.88 Å². The average molecular weight is 292 g/mol. The number of aromatic nitrogens is 1. The Kier molecular flexibility index (Phi) is 3.94. The van der Waals surface area contributed by atoms with Gasteiger partial charge in [0.15, 0.2) is 5.13 Å². The first-order valence-electron chi connectivity index (χ1n) is 5.71. The Morgan fingerprint density at radius 1 is 1.45 bits per heavy atom. The SMILES string of the molecule is CNc1ccc([N+](=O)[O-])c(C(=O)Nc2ncc(C)s2)c1. The van der Waals surface area contributed by atoms with Gasteiger partial charge in [0.05, 0.1) is 4.92 Å². The van der Waals surface area contributed by atoms with E-state index < -0.39 is 10.8 Å². The van der Waals surface area contributed by atoms with E-state index in [1.807, 2.05) is 6.92 Å². The van der Waals surface area contributed by atoms with Crippen LogP contribution < -0.4 is 10.6 Å². The monoisotopic (exact) mass is 292 g/mol. The first-order valence-corrected chi connectivity index (χ1v) is 6.53. The van der Waals surface area contributed by atoms with Gasteiger partial charge in [-0.1, -0.05) is 0 Å². The first kappa shape index (κ1) is 13.9. The van der Waals surface area contributed by atoms with Crippen molar-refractivity contribution in [3.8, 4) is 0 Å². The van der Waals surface area contributed by atoms with E-state index in [-0.39, 0.29) is 11.3 Å². The van der Waals surface area contributed by atoms with E-state index in [1.165, 1.54) is 23.5 Å². The molecule has 0 saturated carbocycles. The Morgan fingerprint density at radius 3 is 2.75 bits per heavy atom. The third-order valence-electron chi connectivity index (χ3n) is 2.57. The molecule has 7 nitrogen and oxygen atoms in total. The molecule has 0 saturated heterocycles. The zero-order valence-corrected chi connectivity index (χ0v) is 11.7. The van der Waals surface area contributed by atoms with E-state index in [9.17, 15) is 14.9 Å². The number of carbonyl (C=O) groups excluding carboxylic acids is 1. The molecule has 0 aliphatic rings. The molecule has 0 atom stereocenters. The molecule has 1 heterocycles. The van der Waals surface area contributed by atoms with Gasteiger partial charge < -0.3 is 5.32 Å². The van der Waals surface area contributed by atoms with Crippen molar-refractivity contribution in [3.05, 3.63) is 45.0 Å². The molecule has 1 aromatic carbocycles. The normalized spacial score (nSPS) is 10.1. The maximum Gasteiger partial charge on any atom is 0.282 e. The van der Waals surface area contributed by atoms with E-state index >= 15 is 0 Å². The molecule has 8 heteroatoms. The van der Waals surface area contributed by atoms with Crippen LogP contribution in [0.1, 0.15) is 15.2 Å². The molecule has 0 aliphatic carbocycles. The van der Waals surface area contributed by atoms with Gasteiger partial charge in [0.2, 0.25) is 0 Å². The maximum absolute atomic E-state index is 12.1. The zero-order chi connectivity index (χ0) is 14.7. The summed E-state index contributed by atoms with van der Waals surface area (Å²) in [6.07, 6.45) is 1.62. The Morgan fingerprint density at radius 2 is 2.20 bits per heavy atom. The van der Waals surface area contributed by atoms with Gasteiger partial charge in [-0.3, -0.25) is 20.2 Å². The number of carbonyl (C=O) groups is 1. The van der Waals surface area contributed by atoms with Gasteiger partial charge in [0.1, 0.15) is 5.56 Å². The largest absolute Gasteiger partial charge is 0.388 e. The molecule has 104 valence electrons. The smallest absolute Gasteiger partial charge is 0.282 e. The molecule has 2 N–H and O–H groups in total.